The highest BCUT2D eigenvalue weighted by Gasteiger charge is 2.60. The van der Waals surface area contributed by atoms with Crippen molar-refractivity contribution in [3.8, 4) is 0 Å². The fourth-order valence-corrected chi connectivity index (χ4v) is 4.66. The number of hydrogen-bond acceptors (Lipinski definition) is 5. The monoisotopic (exact) mass is 373 g/mol. The molecule has 3 heterocycles. The average Bonchev–Trinajstić information content (AvgIpc) is 3.21. The van der Waals surface area contributed by atoms with Gasteiger partial charge in [-0.2, -0.15) is 0 Å². The largest absolute Gasteiger partial charge is 0.368 e. The van der Waals surface area contributed by atoms with Crippen LogP contribution in [0.5, 0.6) is 0 Å². The van der Waals surface area contributed by atoms with E-state index >= 15 is 0 Å². The Kier molecular flexibility index (Phi) is 5.67. The Morgan fingerprint density at radius 2 is 2.04 bits per heavy atom. The Labute approximate surface area is 161 Å². The van der Waals surface area contributed by atoms with Crippen molar-refractivity contribution in [3.63, 3.8) is 0 Å². The number of nitrogens with two attached hydrogens (primary N) is 1. The number of nitrogens with one attached hydrogen (secondary N) is 1. The van der Waals surface area contributed by atoms with Gasteiger partial charge >= 0.3 is 0 Å². The Balaban J connectivity index is 1.87. The average molecular weight is 374 g/mol. The van der Waals surface area contributed by atoms with Gasteiger partial charge in [0.1, 0.15) is 0 Å². The molecule has 2 amide bonds. The first-order valence-electron chi connectivity index (χ1n) is 10.0. The Morgan fingerprint density at radius 1 is 1.33 bits per heavy atom. The minimum Gasteiger partial charge on any atom is -0.368 e. The molecule has 0 aromatic carbocycles. The maximum atomic E-state index is 13.2. The smallest absolute Gasteiger partial charge is 0.236 e. The molecule has 0 spiro atoms. The third-order valence-electron chi connectivity index (χ3n) is 6.11. The van der Waals surface area contributed by atoms with Crippen molar-refractivity contribution in [1.29, 1.82) is 0 Å². The molecule has 2 aliphatic heterocycles. The fraction of sp³-hybridized carbons (Fsp3) is 0.700. The molecule has 1 aromatic rings. The molecule has 2 bridgehead atoms. The maximum absolute atomic E-state index is 13.2. The van der Waals surface area contributed by atoms with Gasteiger partial charge in [-0.3, -0.25) is 9.59 Å². The summed E-state index contributed by atoms with van der Waals surface area (Å²) < 4.78 is 0. The molecule has 3 N–H and O–H groups in total. The minimum absolute atomic E-state index is 0.0515. The van der Waals surface area contributed by atoms with Gasteiger partial charge in [-0.1, -0.05) is 20.8 Å². The zero-order valence-electron chi connectivity index (χ0n) is 16.6. The second-order valence-corrected chi connectivity index (χ2v) is 8.34. The van der Waals surface area contributed by atoms with Crippen LogP contribution in [0.1, 0.15) is 58.4 Å². The van der Waals surface area contributed by atoms with E-state index in [9.17, 15) is 9.59 Å². The van der Waals surface area contributed by atoms with Crippen LogP contribution in [-0.2, 0) is 16.0 Å². The van der Waals surface area contributed by atoms with Crippen molar-refractivity contribution in [2.75, 3.05) is 11.4 Å². The lowest BCUT2D eigenvalue weighted by Crippen LogP contribution is -2.51. The van der Waals surface area contributed by atoms with Gasteiger partial charge in [0.05, 0.1) is 12.0 Å². The Hall–Kier alpha value is -2.18. The van der Waals surface area contributed by atoms with E-state index in [2.05, 4.69) is 41.0 Å². The molecule has 0 saturated carbocycles. The van der Waals surface area contributed by atoms with E-state index in [4.69, 9.17) is 5.73 Å². The molecule has 148 valence electrons. The number of aryl methyl sites for hydroxylation is 1. The summed E-state index contributed by atoms with van der Waals surface area (Å²) in [7, 11) is 0. The predicted molar refractivity (Wildman–Crippen MR) is 104 cm³/mol. The first-order valence-corrected chi connectivity index (χ1v) is 10.0. The molecule has 27 heavy (non-hydrogen) atoms. The van der Waals surface area contributed by atoms with Crippen LogP contribution in [0.15, 0.2) is 12.4 Å². The number of nitrogens with zero attached hydrogens (tertiary/aromatic N) is 3. The first kappa shape index (κ1) is 19.6. The molecule has 3 atom stereocenters. The third-order valence-corrected chi connectivity index (χ3v) is 6.11. The maximum Gasteiger partial charge on any atom is 0.236 e. The van der Waals surface area contributed by atoms with Gasteiger partial charge < -0.3 is 16.0 Å². The molecule has 0 unspecified atom stereocenters. The van der Waals surface area contributed by atoms with E-state index in [-0.39, 0.29) is 24.5 Å². The lowest BCUT2D eigenvalue weighted by atomic mass is 9.69. The molecule has 2 saturated heterocycles. The van der Waals surface area contributed by atoms with Crippen LogP contribution in [-0.4, -0.2) is 40.4 Å². The summed E-state index contributed by atoms with van der Waals surface area (Å²) in [5.41, 5.74) is 5.84. The van der Waals surface area contributed by atoms with E-state index in [1.807, 2.05) is 12.4 Å². The summed E-state index contributed by atoms with van der Waals surface area (Å²) in [4.78, 5) is 35.7. The van der Waals surface area contributed by atoms with Gasteiger partial charge in [-0.05, 0) is 50.0 Å². The molecule has 0 radical (unpaired) electrons. The van der Waals surface area contributed by atoms with Crippen LogP contribution in [0, 0.1) is 11.3 Å². The highest BCUT2D eigenvalue weighted by Crippen LogP contribution is 2.53. The van der Waals surface area contributed by atoms with Crippen LogP contribution in [0.3, 0.4) is 0 Å². The highest BCUT2D eigenvalue weighted by atomic mass is 16.2. The van der Waals surface area contributed by atoms with Gasteiger partial charge in [0.25, 0.3) is 0 Å². The molecule has 1 aromatic heterocycles. The summed E-state index contributed by atoms with van der Waals surface area (Å²) in [6.45, 7) is 6.32. The van der Waals surface area contributed by atoms with Crippen LogP contribution in [0.4, 0.5) is 5.95 Å². The number of rotatable bonds is 8. The zero-order valence-corrected chi connectivity index (χ0v) is 16.6. The molecule has 0 aliphatic carbocycles. The van der Waals surface area contributed by atoms with Crippen molar-refractivity contribution in [2.24, 2.45) is 17.1 Å². The normalized spacial score (nSPS) is 26.6. The van der Waals surface area contributed by atoms with Crippen molar-refractivity contribution >= 4 is 17.8 Å². The standard InChI is InChI=1S/C20H31N5O2/c1-4-14-10-23-19(24-11-14)25-15-5-6-16(25)20(9-15,8-7-13(2)3)18(27)22-12-17(21)26/h10-11,13,15-16H,4-9,12H2,1-3H3,(H2,21,26)(H,22,27)/t15-,16+,20+/m1/s1. The van der Waals surface area contributed by atoms with Crippen LogP contribution < -0.4 is 16.0 Å². The topological polar surface area (TPSA) is 101 Å². The van der Waals surface area contributed by atoms with Gasteiger partial charge in [-0.25, -0.2) is 9.97 Å². The first-order chi connectivity index (χ1) is 12.9. The predicted octanol–water partition coefficient (Wildman–Crippen LogP) is 1.80. The number of carbonyl (C=O) groups excluding carboxylic acids is 2. The number of amides is 2. The van der Waals surface area contributed by atoms with Crippen molar-refractivity contribution < 1.29 is 9.59 Å². The number of carbonyl (C=O) groups is 2. The molecular formula is C20H31N5O2. The van der Waals surface area contributed by atoms with Crippen molar-refractivity contribution in [2.45, 2.75) is 71.4 Å². The summed E-state index contributed by atoms with van der Waals surface area (Å²) in [5, 5.41) is 2.78. The number of fused-ring (bicyclic) bond motifs is 2. The zero-order chi connectivity index (χ0) is 19.6. The lowest BCUT2D eigenvalue weighted by molar-refractivity contribution is -0.134. The number of aromatic nitrogens is 2. The van der Waals surface area contributed by atoms with Crippen LogP contribution in [0.2, 0.25) is 0 Å². The number of primary amides is 1. The molecule has 7 nitrogen and oxygen atoms in total. The summed E-state index contributed by atoms with van der Waals surface area (Å²) in [5.74, 6) is 0.664. The van der Waals surface area contributed by atoms with E-state index in [0.29, 0.717) is 11.9 Å². The van der Waals surface area contributed by atoms with E-state index < -0.39 is 11.3 Å². The van der Waals surface area contributed by atoms with Gasteiger partial charge in [-0.15, -0.1) is 0 Å². The number of anilines is 1. The van der Waals surface area contributed by atoms with Gasteiger partial charge in [0, 0.05) is 24.5 Å². The van der Waals surface area contributed by atoms with E-state index in [1.165, 1.54) is 0 Å². The SMILES string of the molecule is CCc1cnc(N2[C@@H]3CC[C@H]2[C@@](CCC(C)C)(C(=O)NCC(N)=O)C3)nc1. The second kappa shape index (κ2) is 7.82. The van der Waals surface area contributed by atoms with E-state index in [0.717, 1.165) is 44.1 Å². The Bertz CT molecular complexity index is 690. The van der Waals surface area contributed by atoms with Crippen molar-refractivity contribution in [1.82, 2.24) is 15.3 Å². The Morgan fingerprint density at radius 3 is 2.63 bits per heavy atom. The van der Waals surface area contributed by atoms with Crippen molar-refractivity contribution in [3.05, 3.63) is 18.0 Å². The fourth-order valence-electron chi connectivity index (χ4n) is 4.66. The summed E-state index contributed by atoms with van der Waals surface area (Å²) in [6, 6.07) is 0.343. The van der Waals surface area contributed by atoms with Gasteiger partial charge in [0.15, 0.2) is 0 Å². The molecule has 2 aliphatic rings. The molecular weight excluding hydrogens is 342 g/mol. The van der Waals surface area contributed by atoms with Crippen LogP contribution in [0.25, 0.3) is 0 Å². The number of hydrogen-bond donors (Lipinski definition) is 2. The second-order valence-electron chi connectivity index (χ2n) is 8.34. The molecule has 2 fully saturated rings. The lowest BCUT2D eigenvalue weighted by Gasteiger charge is -2.36. The molecule has 3 rings (SSSR count). The minimum atomic E-state index is -0.513. The molecule has 7 heteroatoms. The summed E-state index contributed by atoms with van der Waals surface area (Å²) in [6.07, 6.45) is 9.22. The third kappa shape index (κ3) is 3.77. The van der Waals surface area contributed by atoms with E-state index in [1.54, 1.807) is 0 Å². The quantitative estimate of drug-likeness (QED) is 0.724. The highest BCUT2D eigenvalue weighted by molar-refractivity contribution is 5.89. The summed E-state index contributed by atoms with van der Waals surface area (Å²) >= 11 is 0. The van der Waals surface area contributed by atoms with Gasteiger partial charge in [0.2, 0.25) is 17.8 Å². The van der Waals surface area contributed by atoms with Crippen LogP contribution >= 0.6 is 0 Å².